The standard InChI is InChI=1S/C18H16Cl2N2O2S2/c19-13-4-1-5-14-17(13)21-18(26-14)22(10-11-3-2-8-24-11)16(23)9-12-6-7-15(20)25-12/h1,4-7,11H,2-3,8-10H2. The van der Waals surface area contributed by atoms with Gasteiger partial charge in [0.25, 0.3) is 0 Å². The molecule has 3 heterocycles. The maximum Gasteiger partial charge on any atom is 0.234 e. The molecule has 1 atom stereocenters. The first-order valence-electron chi connectivity index (χ1n) is 8.31. The van der Waals surface area contributed by atoms with Gasteiger partial charge in [-0.15, -0.1) is 11.3 Å². The summed E-state index contributed by atoms with van der Waals surface area (Å²) in [6.45, 7) is 1.26. The Hall–Kier alpha value is -1.18. The number of thiophene rings is 1. The maximum atomic E-state index is 13.0. The number of carbonyl (C=O) groups excluding carboxylic acids is 1. The van der Waals surface area contributed by atoms with E-state index in [1.165, 1.54) is 22.7 Å². The number of rotatable bonds is 5. The van der Waals surface area contributed by atoms with Crippen LogP contribution in [0.4, 0.5) is 5.13 Å². The minimum atomic E-state index is -0.00537. The Labute approximate surface area is 169 Å². The first kappa shape index (κ1) is 18.2. The molecule has 1 aliphatic rings. The number of hydrogen-bond acceptors (Lipinski definition) is 5. The lowest BCUT2D eigenvalue weighted by atomic mass is 10.2. The molecule has 1 aromatic carbocycles. The van der Waals surface area contributed by atoms with Gasteiger partial charge in [0, 0.05) is 11.5 Å². The molecule has 2 aromatic heterocycles. The summed E-state index contributed by atoms with van der Waals surface area (Å²) in [5, 5.41) is 1.26. The summed E-state index contributed by atoms with van der Waals surface area (Å²) in [5.41, 5.74) is 0.735. The number of thiazole rings is 1. The Morgan fingerprint density at radius 1 is 1.27 bits per heavy atom. The molecule has 136 valence electrons. The van der Waals surface area contributed by atoms with Crippen LogP contribution in [0.15, 0.2) is 30.3 Å². The average Bonchev–Trinajstić information content (AvgIpc) is 3.34. The van der Waals surface area contributed by atoms with E-state index < -0.39 is 0 Å². The summed E-state index contributed by atoms with van der Waals surface area (Å²) in [5.74, 6) is -0.00537. The Balaban J connectivity index is 1.64. The van der Waals surface area contributed by atoms with E-state index in [4.69, 9.17) is 27.9 Å². The normalized spacial score (nSPS) is 17.1. The summed E-state index contributed by atoms with van der Waals surface area (Å²) in [6, 6.07) is 9.39. The van der Waals surface area contributed by atoms with Crippen molar-refractivity contribution in [1.82, 2.24) is 4.98 Å². The van der Waals surface area contributed by atoms with E-state index in [1.54, 1.807) is 4.90 Å². The van der Waals surface area contributed by atoms with Crippen molar-refractivity contribution in [3.05, 3.63) is 44.6 Å². The maximum absolute atomic E-state index is 13.0. The fourth-order valence-corrected chi connectivity index (χ4v) is 5.36. The van der Waals surface area contributed by atoms with E-state index in [0.29, 0.717) is 27.5 Å². The third-order valence-electron chi connectivity index (χ3n) is 4.25. The molecule has 0 N–H and O–H groups in total. The fourth-order valence-electron chi connectivity index (χ4n) is 2.99. The predicted molar refractivity (Wildman–Crippen MR) is 109 cm³/mol. The molecule has 0 radical (unpaired) electrons. The van der Waals surface area contributed by atoms with Gasteiger partial charge in [-0.2, -0.15) is 0 Å². The molecule has 1 saturated heterocycles. The lowest BCUT2D eigenvalue weighted by Crippen LogP contribution is -2.38. The monoisotopic (exact) mass is 426 g/mol. The second kappa shape index (κ2) is 7.82. The highest BCUT2D eigenvalue weighted by molar-refractivity contribution is 7.22. The van der Waals surface area contributed by atoms with E-state index in [2.05, 4.69) is 4.98 Å². The first-order valence-corrected chi connectivity index (χ1v) is 10.7. The van der Waals surface area contributed by atoms with Crippen LogP contribution in [-0.2, 0) is 16.0 Å². The smallest absolute Gasteiger partial charge is 0.234 e. The molecule has 26 heavy (non-hydrogen) atoms. The molecule has 0 bridgehead atoms. The van der Waals surface area contributed by atoms with Gasteiger partial charge in [-0.05, 0) is 37.1 Å². The number of carbonyl (C=O) groups is 1. The molecule has 0 saturated carbocycles. The van der Waals surface area contributed by atoms with Gasteiger partial charge in [-0.1, -0.05) is 40.6 Å². The van der Waals surface area contributed by atoms with Crippen LogP contribution in [0, 0.1) is 0 Å². The molecule has 1 fully saturated rings. The first-order chi connectivity index (χ1) is 12.6. The zero-order chi connectivity index (χ0) is 18.1. The Morgan fingerprint density at radius 2 is 2.15 bits per heavy atom. The molecule has 8 heteroatoms. The third kappa shape index (κ3) is 3.89. The van der Waals surface area contributed by atoms with Gasteiger partial charge in [-0.25, -0.2) is 4.98 Å². The minimum Gasteiger partial charge on any atom is -0.376 e. The van der Waals surface area contributed by atoms with Crippen LogP contribution in [-0.4, -0.2) is 30.1 Å². The van der Waals surface area contributed by atoms with Crippen LogP contribution in [0.1, 0.15) is 17.7 Å². The number of aromatic nitrogens is 1. The van der Waals surface area contributed by atoms with E-state index in [-0.39, 0.29) is 12.0 Å². The molecule has 1 amide bonds. The van der Waals surface area contributed by atoms with Crippen LogP contribution in [0.5, 0.6) is 0 Å². The van der Waals surface area contributed by atoms with Crippen molar-refractivity contribution in [1.29, 1.82) is 0 Å². The number of para-hydroxylation sites is 1. The zero-order valence-corrected chi connectivity index (χ0v) is 16.9. The third-order valence-corrected chi connectivity index (χ3v) is 6.83. The number of amides is 1. The van der Waals surface area contributed by atoms with Crippen LogP contribution in [0.25, 0.3) is 10.2 Å². The molecule has 1 aliphatic heterocycles. The van der Waals surface area contributed by atoms with Crippen LogP contribution >= 0.6 is 45.9 Å². The Bertz CT molecular complexity index is 934. The van der Waals surface area contributed by atoms with E-state index in [0.717, 1.165) is 34.5 Å². The van der Waals surface area contributed by atoms with Crippen molar-refractivity contribution >= 4 is 67.1 Å². The zero-order valence-electron chi connectivity index (χ0n) is 13.8. The number of anilines is 1. The number of nitrogens with zero attached hydrogens (tertiary/aromatic N) is 2. The van der Waals surface area contributed by atoms with Gasteiger partial charge in [0.05, 0.1) is 33.1 Å². The van der Waals surface area contributed by atoms with Crippen molar-refractivity contribution in [2.24, 2.45) is 0 Å². The van der Waals surface area contributed by atoms with Crippen molar-refractivity contribution in [3.8, 4) is 0 Å². The number of benzene rings is 1. The fraction of sp³-hybridized carbons (Fsp3) is 0.333. The second-order valence-corrected chi connectivity index (χ2v) is 9.32. The largest absolute Gasteiger partial charge is 0.376 e. The van der Waals surface area contributed by atoms with Crippen molar-refractivity contribution < 1.29 is 9.53 Å². The number of hydrogen-bond donors (Lipinski definition) is 0. The Morgan fingerprint density at radius 3 is 2.85 bits per heavy atom. The highest BCUT2D eigenvalue weighted by atomic mass is 35.5. The quantitative estimate of drug-likeness (QED) is 0.546. The lowest BCUT2D eigenvalue weighted by Gasteiger charge is -2.22. The van der Waals surface area contributed by atoms with E-state index >= 15 is 0 Å². The lowest BCUT2D eigenvalue weighted by molar-refractivity contribution is -0.118. The van der Waals surface area contributed by atoms with Crippen LogP contribution in [0.2, 0.25) is 9.36 Å². The van der Waals surface area contributed by atoms with Crippen molar-refractivity contribution in [2.45, 2.75) is 25.4 Å². The summed E-state index contributed by atoms with van der Waals surface area (Å²) in [7, 11) is 0. The van der Waals surface area contributed by atoms with Gasteiger partial charge < -0.3 is 4.74 Å². The van der Waals surface area contributed by atoms with Gasteiger partial charge in [0.15, 0.2) is 5.13 Å². The minimum absolute atomic E-state index is 0.00537. The summed E-state index contributed by atoms with van der Waals surface area (Å²) < 4.78 is 7.40. The number of fused-ring (bicyclic) bond motifs is 1. The number of ether oxygens (including phenoxy) is 1. The van der Waals surface area contributed by atoms with Gasteiger partial charge in [0.2, 0.25) is 5.91 Å². The summed E-state index contributed by atoms with van der Waals surface area (Å²) in [6.07, 6.45) is 2.33. The second-order valence-electron chi connectivity index (χ2n) is 6.10. The Kier molecular flexibility index (Phi) is 5.47. The predicted octanol–water partition coefficient (Wildman–Crippen LogP) is 5.42. The highest BCUT2D eigenvalue weighted by Gasteiger charge is 2.26. The van der Waals surface area contributed by atoms with E-state index in [9.17, 15) is 4.79 Å². The van der Waals surface area contributed by atoms with Gasteiger partial charge in [-0.3, -0.25) is 9.69 Å². The van der Waals surface area contributed by atoms with Gasteiger partial charge in [0.1, 0.15) is 5.52 Å². The molecule has 3 aromatic rings. The van der Waals surface area contributed by atoms with Crippen LogP contribution < -0.4 is 4.90 Å². The summed E-state index contributed by atoms with van der Waals surface area (Å²) in [4.78, 5) is 20.4. The SMILES string of the molecule is O=C(Cc1ccc(Cl)s1)N(CC1CCCO1)c1nc2c(Cl)cccc2s1. The molecular formula is C18H16Cl2N2O2S2. The molecular weight excluding hydrogens is 411 g/mol. The summed E-state index contributed by atoms with van der Waals surface area (Å²) >= 11 is 15.2. The van der Waals surface area contributed by atoms with Crippen molar-refractivity contribution in [2.75, 3.05) is 18.1 Å². The molecule has 0 spiro atoms. The molecule has 4 nitrogen and oxygen atoms in total. The van der Waals surface area contributed by atoms with Gasteiger partial charge >= 0.3 is 0 Å². The topological polar surface area (TPSA) is 42.4 Å². The molecule has 1 unspecified atom stereocenters. The van der Waals surface area contributed by atoms with Crippen molar-refractivity contribution in [3.63, 3.8) is 0 Å². The average molecular weight is 427 g/mol. The van der Waals surface area contributed by atoms with Crippen LogP contribution in [0.3, 0.4) is 0 Å². The highest BCUT2D eigenvalue weighted by Crippen LogP contribution is 2.34. The molecule has 4 rings (SSSR count). The number of halogens is 2. The molecule has 0 aliphatic carbocycles. The van der Waals surface area contributed by atoms with E-state index in [1.807, 2.05) is 30.3 Å².